The molecule has 6 nitrogen and oxygen atoms in total. The second kappa shape index (κ2) is 10.3. The minimum absolute atomic E-state index is 0.0954. The van der Waals surface area contributed by atoms with Gasteiger partial charge in [-0.25, -0.2) is 8.42 Å². The zero-order chi connectivity index (χ0) is 24.2. The second-order valence-electron chi connectivity index (χ2n) is 7.74. The number of methoxy groups -OCH3 is 1. The maximum absolute atomic E-state index is 13.6. The molecule has 0 aromatic heterocycles. The van der Waals surface area contributed by atoms with Crippen LogP contribution in [-0.4, -0.2) is 28.0 Å². The molecule has 0 fully saturated rings. The summed E-state index contributed by atoms with van der Waals surface area (Å²) in [5.41, 5.74) is 2.65. The highest BCUT2D eigenvalue weighted by molar-refractivity contribution is 7.92. The second-order valence-corrected chi connectivity index (χ2v) is 10.0. The van der Waals surface area contributed by atoms with Crippen LogP contribution in [0, 0.1) is 13.8 Å². The zero-order valence-electron chi connectivity index (χ0n) is 19.0. The standard InChI is InChI=1S/C25H27ClN2O4S/c1-17-12-14-20(15-13-17)33(30,31)28(23-10-7-9-22(26)18(23)2)16-25(29)27-19(3)21-8-5-6-11-24(21)32-4/h5-15,19H,16H2,1-4H3,(H,27,29)/t19-/m1/s1. The molecule has 0 saturated heterocycles. The van der Waals surface area contributed by atoms with Gasteiger partial charge in [-0.05, 0) is 56.7 Å². The van der Waals surface area contributed by atoms with Crippen molar-refractivity contribution in [2.45, 2.75) is 31.7 Å². The Balaban J connectivity index is 1.95. The lowest BCUT2D eigenvalue weighted by atomic mass is 10.1. The fourth-order valence-electron chi connectivity index (χ4n) is 3.52. The third-order valence-corrected chi connectivity index (χ3v) is 7.57. The third kappa shape index (κ3) is 5.49. The summed E-state index contributed by atoms with van der Waals surface area (Å²) in [7, 11) is -2.47. The number of hydrogen-bond donors (Lipinski definition) is 1. The predicted octanol–water partition coefficient (Wildman–Crippen LogP) is 5.04. The number of carbonyl (C=O) groups excluding carboxylic acids is 1. The van der Waals surface area contributed by atoms with E-state index in [2.05, 4.69) is 5.32 Å². The Morgan fingerprint density at radius 3 is 2.36 bits per heavy atom. The number of hydrogen-bond acceptors (Lipinski definition) is 4. The normalized spacial score (nSPS) is 12.2. The van der Waals surface area contributed by atoms with E-state index < -0.39 is 28.5 Å². The highest BCUT2D eigenvalue weighted by Gasteiger charge is 2.29. The summed E-state index contributed by atoms with van der Waals surface area (Å²) in [6.45, 7) is 5.02. The van der Waals surface area contributed by atoms with E-state index in [1.54, 1.807) is 44.4 Å². The van der Waals surface area contributed by atoms with Gasteiger partial charge in [0.05, 0.1) is 23.7 Å². The van der Waals surface area contributed by atoms with Crippen molar-refractivity contribution in [3.8, 4) is 5.75 Å². The van der Waals surface area contributed by atoms with Gasteiger partial charge >= 0.3 is 0 Å². The Labute approximate surface area is 200 Å². The summed E-state index contributed by atoms with van der Waals surface area (Å²) in [6.07, 6.45) is 0. The predicted molar refractivity (Wildman–Crippen MR) is 131 cm³/mol. The Morgan fingerprint density at radius 2 is 1.70 bits per heavy atom. The van der Waals surface area contributed by atoms with E-state index in [1.807, 2.05) is 38.1 Å². The Hall–Kier alpha value is -3.03. The number of ether oxygens (including phenoxy) is 1. The number of amides is 1. The van der Waals surface area contributed by atoms with Crippen LogP contribution in [0.15, 0.2) is 71.6 Å². The van der Waals surface area contributed by atoms with E-state index in [9.17, 15) is 13.2 Å². The first-order chi connectivity index (χ1) is 15.6. The topological polar surface area (TPSA) is 75.7 Å². The van der Waals surface area contributed by atoms with Gasteiger partial charge in [0.2, 0.25) is 5.91 Å². The van der Waals surface area contributed by atoms with Crippen LogP contribution < -0.4 is 14.4 Å². The van der Waals surface area contributed by atoms with Crippen molar-refractivity contribution in [2.75, 3.05) is 18.0 Å². The molecule has 174 valence electrons. The van der Waals surface area contributed by atoms with E-state index >= 15 is 0 Å². The van der Waals surface area contributed by atoms with Crippen LogP contribution in [0.25, 0.3) is 0 Å². The lowest BCUT2D eigenvalue weighted by Crippen LogP contribution is -2.42. The van der Waals surface area contributed by atoms with E-state index in [-0.39, 0.29) is 4.90 Å². The number of nitrogens with one attached hydrogen (secondary N) is 1. The molecule has 0 aliphatic heterocycles. The van der Waals surface area contributed by atoms with Crippen molar-refractivity contribution in [1.29, 1.82) is 0 Å². The molecule has 3 aromatic rings. The van der Waals surface area contributed by atoms with Crippen LogP contribution in [0.3, 0.4) is 0 Å². The van der Waals surface area contributed by atoms with E-state index in [4.69, 9.17) is 16.3 Å². The molecule has 33 heavy (non-hydrogen) atoms. The number of nitrogens with zero attached hydrogens (tertiary/aromatic N) is 1. The summed E-state index contributed by atoms with van der Waals surface area (Å²) in [5.74, 6) is 0.184. The average molecular weight is 487 g/mol. The van der Waals surface area contributed by atoms with Crippen LogP contribution in [0.5, 0.6) is 5.75 Å². The van der Waals surface area contributed by atoms with Crippen LogP contribution in [0.2, 0.25) is 5.02 Å². The minimum atomic E-state index is -4.03. The number of benzene rings is 3. The number of rotatable bonds is 8. The van der Waals surface area contributed by atoms with Gasteiger partial charge in [0.1, 0.15) is 12.3 Å². The maximum Gasteiger partial charge on any atom is 0.264 e. The van der Waals surface area contributed by atoms with Gasteiger partial charge in [-0.3, -0.25) is 9.10 Å². The fourth-order valence-corrected chi connectivity index (χ4v) is 5.17. The molecule has 8 heteroatoms. The van der Waals surface area contributed by atoms with Crippen LogP contribution in [-0.2, 0) is 14.8 Å². The van der Waals surface area contributed by atoms with Gasteiger partial charge in [0.25, 0.3) is 10.0 Å². The zero-order valence-corrected chi connectivity index (χ0v) is 20.6. The third-order valence-electron chi connectivity index (χ3n) is 5.39. The van der Waals surface area contributed by atoms with Gasteiger partial charge in [-0.2, -0.15) is 0 Å². The number of carbonyl (C=O) groups is 1. The number of sulfonamides is 1. The van der Waals surface area contributed by atoms with Crippen molar-refractivity contribution in [2.24, 2.45) is 0 Å². The van der Waals surface area contributed by atoms with E-state index in [0.717, 1.165) is 15.4 Å². The molecule has 3 aromatic carbocycles. The van der Waals surface area contributed by atoms with Crippen LogP contribution in [0.1, 0.15) is 29.7 Å². The Morgan fingerprint density at radius 1 is 1.03 bits per heavy atom. The number of aryl methyl sites for hydroxylation is 1. The first-order valence-electron chi connectivity index (χ1n) is 10.4. The summed E-state index contributed by atoms with van der Waals surface area (Å²) in [4.78, 5) is 13.1. The highest BCUT2D eigenvalue weighted by atomic mass is 35.5. The molecule has 0 aliphatic carbocycles. The van der Waals surface area contributed by atoms with Crippen molar-refractivity contribution < 1.29 is 17.9 Å². The van der Waals surface area contributed by atoms with Gasteiger partial charge in [-0.1, -0.05) is 53.6 Å². The maximum atomic E-state index is 13.6. The first kappa shape index (κ1) is 24.6. The average Bonchev–Trinajstić information content (AvgIpc) is 2.79. The summed E-state index contributed by atoms with van der Waals surface area (Å²) < 4.78 is 33.6. The lowest BCUT2D eigenvalue weighted by Gasteiger charge is -2.27. The van der Waals surface area contributed by atoms with Crippen LogP contribution in [0.4, 0.5) is 5.69 Å². The fraction of sp³-hybridized carbons (Fsp3) is 0.240. The Bertz CT molecular complexity index is 1240. The highest BCUT2D eigenvalue weighted by Crippen LogP contribution is 2.31. The molecule has 0 heterocycles. The summed E-state index contributed by atoms with van der Waals surface area (Å²) >= 11 is 6.27. The molecular weight excluding hydrogens is 460 g/mol. The Kier molecular flexibility index (Phi) is 7.66. The molecule has 0 aliphatic rings. The molecule has 0 saturated carbocycles. The molecule has 1 amide bonds. The molecule has 0 bridgehead atoms. The lowest BCUT2D eigenvalue weighted by molar-refractivity contribution is -0.120. The quantitative estimate of drug-likeness (QED) is 0.484. The van der Waals surface area contributed by atoms with Gasteiger partial charge < -0.3 is 10.1 Å². The largest absolute Gasteiger partial charge is 0.496 e. The van der Waals surface area contributed by atoms with Gasteiger partial charge in [-0.15, -0.1) is 0 Å². The first-order valence-corrected chi connectivity index (χ1v) is 12.2. The summed E-state index contributed by atoms with van der Waals surface area (Å²) in [6, 6.07) is 18.5. The van der Waals surface area contributed by atoms with Crippen molar-refractivity contribution >= 4 is 33.2 Å². The van der Waals surface area contributed by atoms with Crippen molar-refractivity contribution in [1.82, 2.24) is 5.32 Å². The monoisotopic (exact) mass is 486 g/mol. The molecule has 1 N–H and O–H groups in total. The van der Waals surface area contributed by atoms with Crippen molar-refractivity contribution in [3.63, 3.8) is 0 Å². The summed E-state index contributed by atoms with van der Waals surface area (Å²) in [5, 5.41) is 3.30. The van der Waals surface area contributed by atoms with Crippen molar-refractivity contribution in [3.05, 3.63) is 88.4 Å². The van der Waals surface area contributed by atoms with Crippen LogP contribution >= 0.6 is 11.6 Å². The van der Waals surface area contributed by atoms with E-state index in [1.165, 1.54) is 12.1 Å². The van der Waals surface area contributed by atoms with Gasteiger partial charge in [0, 0.05) is 10.6 Å². The number of para-hydroxylation sites is 1. The smallest absolute Gasteiger partial charge is 0.264 e. The van der Waals surface area contributed by atoms with Gasteiger partial charge in [0.15, 0.2) is 0 Å². The van der Waals surface area contributed by atoms with E-state index in [0.29, 0.717) is 22.0 Å². The molecule has 0 spiro atoms. The number of halogens is 1. The molecular formula is C25H27ClN2O4S. The SMILES string of the molecule is COc1ccccc1[C@@H](C)NC(=O)CN(c1cccc(Cl)c1C)S(=O)(=O)c1ccc(C)cc1. The number of anilines is 1. The molecule has 0 unspecified atom stereocenters. The molecule has 3 rings (SSSR count). The minimum Gasteiger partial charge on any atom is -0.496 e. The molecule has 1 atom stereocenters. The molecule has 0 radical (unpaired) electrons.